The van der Waals surface area contributed by atoms with Gasteiger partial charge in [-0.15, -0.1) is 0 Å². The molecule has 0 atom stereocenters. The molecule has 0 amide bonds. The average Bonchev–Trinajstić information content (AvgIpc) is 2.48. The highest BCUT2D eigenvalue weighted by atomic mass is 16.6. The molecule has 0 spiro atoms. The molecule has 0 saturated carbocycles. The maximum absolute atomic E-state index is 11.5. The number of nitrogens with zero attached hydrogens (tertiary/aromatic N) is 3. The summed E-state index contributed by atoms with van der Waals surface area (Å²) < 4.78 is 0. The number of piperidine rings is 1. The number of nitro groups is 1. The Bertz CT molecular complexity index is 539. The van der Waals surface area contributed by atoms with Gasteiger partial charge in [0.2, 0.25) is 0 Å². The minimum Gasteiger partial charge on any atom is -0.481 e. The zero-order valence-electron chi connectivity index (χ0n) is 12.0. The molecule has 7 heteroatoms. The molecular weight excluding hydrogens is 274 g/mol. The van der Waals surface area contributed by atoms with Crippen LogP contribution < -0.4 is 4.90 Å². The first-order valence-corrected chi connectivity index (χ1v) is 7.07. The monoisotopic (exact) mass is 293 g/mol. The van der Waals surface area contributed by atoms with Crippen LogP contribution in [0.1, 0.15) is 32.6 Å². The minimum absolute atomic E-state index is 0.00336. The van der Waals surface area contributed by atoms with Crippen molar-refractivity contribution in [3.8, 4) is 0 Å². The van der Waals surface area contributed by atoms with Crippen LogP contribution in [0.4, 0.5) is 11.5 Å². The summed E-state index contributed by atoms with van der Waals surface area (Å²) in [6, 6.07) is 2.79. The van der Waals surface area contributed by atoms with Crippen molar-refractivity contribution in [1.82, 2.24) is 4.98 Å². The second kappa shape index (κ2) is 6.07. The van der Waals surface area contributed by atoms with E-state index in [0.29, 0.717) is 38.2 Å². The van der Waals surface area contributed by atoms with Gasteiger partial charge in [0, 0.05) is 25.4 Å². The lowest BCUT2D eigenvalue weighted by atomic mass is 9.75. The fraction of sp³-hybridized carbons (Fsp3) is 0.571. The topological polar surface area (TPSA) is 96.6 Å². The summed E-state index contributed by atoms with van der Waals surface area (Å²) in [5.74, 6) is -0.198. The summed E-state index contributed by atoms with van der Waals surface area (Å²) in [5.41, 5.74) is -0.657. The predicted octanol–water partition coefficient (Wildman–Crippen LogP) is 2.46. The molecule has 0 radical (unpaired) electrons. The molecule has 114 valence electrons. The Morgan fingerprint density at radius 3 is 2.71 bits per heavy atom. The van der Waals surface area contributed by atoms with Crippen LogP contribution >= 0.6 is 0 Å². The highest BCUT2D eigenvalue weighted by Gasteiger charge is 2.40. The van der Waals surface area contributed by atoms with Crippen LogP contribution in [0.3, 0.4) is 0 Å². The van der Waals surface area contributed by atoms with E-state index in [9.17, 15) is 20.0 Å². The Balaban J connectivity index is 2.11. The first-order chi connectivity index (χ1) is 9.98. The normalized spacial score (nSPS) is 17.5. The van der Waals surface area contributed by atoms with Gasteiger partial charge in [-0.2, -0.15) is 0 Å². The third-order valence-electron chi connectivity index (χ3n) is 4.17. The van der Waals surface area contributed by atoms with Crippen LogP contribution in [-0.4, -0.2) is 34.1 Å². The first-order valence-electron chi connectivity index (χ1n) is 7.07. The lowest BCUT2D eigenvalue weighted by Crippen LogP contribution is -2.44. The minimum atomic E-state index is -0.740. The molecule has 1 aromatic rings. The van der Waals surface area contributed by atoms with Crippen molar-refractivity contribution in [2.45, 2.75) is 32.6 Å². The third kappa shape index (κ3) is 3.12. The Labute approximate surface area is 122 Å². The fourth-order valence-corrected chi connectivity index (χ4v) is 2.91. The quantitative estimate of drug-likeness (QED) is 0.661. The van der Waals surface area contributed by atoms with E-state index in [2.05, 4.69) is 4.98 Å². The van der Waals surface area contributed by atoms with Crippen LogP contribution in [0.15, 0.2) is 18.3 Å². The fourth-order valence-electron chi connectivity index (χ4n) is 2.91. The first kappa shape index (κ1) is 15.2. The number of aliphatic carboxylic acids is 1. The van der Waals surface area contributed by atoms with Gasteiger partial charge < -0.3 is 10.0 Å². The molecule has 1 aromatic heterocycles. The molecule has 1 aliphatic heterocycles. The molecule has 2 heterocycles. The van der Waals surface area contributed by atoms with Crippen molar-refractivity contribution >= 4 is 17.5 Å². The maximum atomic E-state index is 11.5. The number of carboxylic acid groups (broad SMARTS) is 1. The smallest absolute Gasteiger partial charge is 0.309 e. The highest BCUT2D eigenvalue weighted by molar-refractivity contribution is 5.75. The Morgan fingerprint density at radius 1 is 1.52 bits per heavy atom. The molecule has 0 aliphatic carbocycles. The van der Waals surface area contributed by atoms with Gasteiger partial charge in [0.15, 0.2) is 0 Å². The van der Waals surface area contributed by atoms with E-state index < -0.39 is 16.3 Å². The molecule has 1 fully saturated rings. The van der Waals surface area contributed by atoms with Crippen molar-refractivity contribution in [3.63, 3.8) is 0 Å². The van der Waals surface area contributed by atoms with Gasteiger partial charge in [-0.25, -0.2) is 4.98 Å². The van der Waals surface area contributed by atoms with Gasteiger partial charge in [-0.1, -0.05) is 13.3 Å². The molecule has 2 rings (SSSR count). The molecule has 21 heavy (non-hydrogen) atoms. The van der Waals surface area contributed by atoms with Crippen LogP contribution in [0.5, 0.6) is 0 Å². The number of anilines is 1. The average molecular weight is 293 g/mol. The number of aromatic nitrogens is 1. The molecule has 0 aromatic carbocycles. The number of hydrogen-bond acceptors (Lipinski definition) is 5. The van der Waals surface area contributed by atoms with Crippen LogP contribution in [0.2, 0.25) is 0 Å². The molecule has 0 bridgehead atoms. The van der Waals surface area contributed by atoms with Crippen LogP contribution in [0, 0.1) is 15.5 Å². The third-order valence-corrected chi connectivity index (χ3v) is 4.17. The standard InChI is InChI=1S/C14H19N3O4/c1-2-4-14(13(18)19)5-8-16(9-6-14)12-10-11(17(20)21)3-7-15-12/h3,7,10H,2,4-6,8-9H2,1H3,(H,18,19). The van der Waals surface area contributed by atoms with Gasteiger partial charge in [-0.05, 0) is 19.3 Å². The van der Waals surface area contributed by atoms with E-state index in [1.54, 1.807) is 0 Å². The van der Waals surface area contributed by atoms with Gasteiger partial charge >= 0.3 is 5.97 Å². The van der Waals surface area contributed by atoms with Crippen molar-refractivity contribution in [1.29, 1.82) is 0 Å². The molecule has 7 nitrogen and oxygen atoms in total. The van der Waals surface area contributed by atoms with Crippen LogP contribution in [-0.2, 0) is 4.79 Å². The van der Waals surface area contributed by atoms with Crippen molar-refractivity contribution < 1.29 is 14.8 Å². The number of carbonyl (C=O) groups is 1. The number of rotatable bonds is 5. The zero-order valence-corrected chi connectivity index (χ0v) is 12.0. The molecule has 1 saturated heterocycles. The zero-order chi connectivity index (χ0) is 15.5. The van der Waals surface area contributed by atoms with Crippen molar-refractivity contribution in [3.05, 3.63) is 28.4 Å². The largest absolute Gasteiger partial charge is 0.481 e. The van der Waals surface area contributed by atoms with E-state index in [1.165, 1.54) is 18.3 Å². The van der Waals surface area contributed by atoms with E-state index in [-0.39, 0.29) is 5.69 Å². The van der Waals surface area contributed by atoms with Crippen molar-refractivity contribution in [2.24, 2.45) is 5.41 Å². The summed E-state index contributed by atoms with van der Waals surface area (Å²) in [6.07, 6.45) is 4.00. The molecule has 1 N–H and O–H groups in total. The van der Waals surface area contributed by atoms with Crippen molar-refractivity contribution in [2.75, 3.05) is 18.0 Å². The molecule has 0 unspecified atom stereocenters. The van der Waals surface area contributed by atoms with E-state index in [1.807, 2.05) is 11.8 Å². The van der Waals surface area contributed by atoms with Gasteiger partial charge in [0.05, 0.1) is 16.4 Å². The lowest BCUT2D eigenvalue weighted by Gasteiger charge is -2.39. The molecular formula is C14H19N3O4. The van der Waals surface area contributed by atoms with E-state index >= 15 is 0 Å². The predicted molar refractivity (Wildman–Crippen MR) is 77.3 cm³/mol. The van der Waals surface area contributed by atoms with E-state index in [4.69, 9.17) is 0 Å². The van der Waals surface area contributed by atoms with Gasteiger partial charge in [0.25, 0.3) is 5.69 Å². The molecule has 1 aliphatic rings. The summed E-state index contributed by atoms with van der Waals surface area (Å²) in [7, 11) is 0. The second-order valence-corrected chi connectivity index (χ2v) is 5.45. The Hall–Kier alpha value is -2.18. The number of hydrogen-bond donors (Lipinski definition) is 1. The van der Waals surface area contributed by atoms with Gasteiger partial charge in [0.1, 0.15) is 5.82 Å². The SMILES string of the molecule is CCCC1(C(=O)O)CCN(c2cc([N+](=O)[O-])ccn2)CC1. The maximum Gasteiger partial charge on any atom is 0.309 e. The summed E-state index contributed by atoms with van der Waals surface area (Å²) in [6.45, 7) is 3.10. The lowest BCUT2D eigenvalue weighted by molar-refractivity contribution is -0.384. The summed E-state index contributed by atoms with van der Waals surface area (Å²) in [4.78, 5) is 28.0. The summed E-state index contributed by atoms with van der Waals surface area (Å²) in [5, 5.41) is 20.3. The Kier molecular flexibility index (Phi) is 4.40. The van der Waals surface area contributed by atoms with E-state index in [0.717, 1.165) is 6.42 Å². The highest BCUT2D eigenvalue weighted by Crippen LogP contribution is 2.37. The Morgan fingerprint density at radius 2 is 2.19 bits per heavy atom. The summed E-state index contributed by atoms with van der Waals surface area (Å²) >= 11 is 0. The second-order valence-electron chi connectivity index (χ2n) is 5.45. The van der Waals surface area contributed by atoms with Gasteiger partial charge in [-0.3, -0.25) is 14.9 Å². The number of carboxylic acids is 1. The van der Waals surface area contributed by atoms with Crippen LogP contribution in [0.25, 0.3) is 0 Å². The number of pyridine rings is 1.